The first-order valence-corrected chi connectivity index (χ1v) is 12.6. The maximum atomic E-state index is 11.9. The quantitative estimate of drug-likeness (QED) is 0.117. The maximum absolute atomic E-state index is 11.9. The minimum atomic E-state index is -0.0741. The average molecular weight is 466 g/mol. The van der Waals surface area contributed by atoms with Gasteiger partial charge in [-0.05, 0) is 57.3 Å². The predicted octanol–water partition coefficient (Wildman–Crippen LogP) is 8.25. The van der Waals surface area contributed by atoms with E-state index in [1.165, 1.54) is 76.2 Å². The number of esters is 1. The molecular weight excluding hydrogens is 418 g/mol. The van der Waals surface area contributed by atoms with Crippen LogP contribution in [0.25, 0.3) is 0 Å². The number of ether oxygens (including phenoxy) is 1. The van der Waals surface area contributed by atoms with Gasteiger partial charge in [-0.25, -0.2) is 0 Å². The highest BCUT2D eigenvalue weighted by Gasteiger charge is 2.04. The van der Waals surface area contributed by atoms with E-state index in [2.05, 4.69) is 50.2 Å². The molecule has 0 radical (unpaired) electrons. The van der Waals surface area contributed by atoms with E-state index in [9.17, 15) is 4.79 Å². The van der Waals surface area contributed by atoms with Crippen molar-refractivity contribution in [2.45, 2.75) is 110 Å². The van der Waals surface area contributed by atoms with E-state index in [0.717, 1.165) is 24.9 Å². The Morgan fingerprint density at radius 2 is 1.28 bits per heavy atom. The second-order valence-corrected chi connectivity index (χ2v) is 9.05. The molecule has 0 spiro atoms. The Morgan fingerprint density at radius 1 is 0.781 bits per heavy atom. The molecule has 3 nitrogen and oxygen atoms in total. The van der Waals surface area contributed by atoms with Crippen LogP contribution in [0, 0.1) is 0 Å². The van der Waals surface area contributed by atoms with Crippen molar-refractivity contribution in [2.24, 2.45) is 0 Å². The zero-order valence-corrected chi connectivity index (χ0v) is 21.8. The van der Waals surface area contributed by atoms with Crippen LogP contribution in [-0.2, 0) is 22.7 Å². The molecule has 184 valence electrons. The Balaban J connectivity index is 0.00000961. The monoisotopic (exact) mass is 465 g/mol. The molecule has 0 atom stereocenters. The summed E-state index contributed by atoms with van der Waals surface area (Å²) in [5, 5.41) is 0. The summed E-state index contributed by atoms with van der Waals surface area (Å²) in [4.78, 5) is 14.1. The van der Waals surface area contributed by atoms with Crippen LogP contribution in [0.5, 0.6) is 0 Å². The van der Waals surface area contributed by atoms with Crippen molar-refractivity contribution in [3.05, 3.63) is 47.5 Å². The number of allylic oxidation sites excluding steroid dienone is 2. The highest BCUT2D eigenvalue weighted by atomic mass is 35.5. The lowest BCUT2D eigenvalue weighted by Crippen LogP contribution is -2.10. The van der Waals surface area contributed by atoms with Gasteiger partial charge in [0.15, 0.2) is 0 Å². The zero-order chi connectivity index (χ0) is 22.6. The molecule has 0 aliphatic rings. The van der Waals surface area contributed by atoms with Crippen LogP contribution in [0.1, 0.15) is 108 Å². The second kappa shape index (κ2) is 21.5. The van der Waals surface area contributed by atoms with Gasteiger partial charge in [0.25, 0.3) is 0 Å². The first-order valence-electron chi connectivity index (χ1n) is 12.6. The third kappa shape index (κ3) is 18.3. The van der Waals surface area contributed by atoms with Gasteiger partial charge in [-0.2, -0.15) is 0 Å². The van der Waals surface area contributed by atoms with Gasteiger partial charge in [-0.1, -0.05) is 94.7 Å². The minimum absolute atomic E-state index is 0. The number of nitrogens with zero attached hydrogens (tertiary/aromatic N) is 1. The Bertz CT molecular complexity index is 584. The predicted molar refractivity (Wildman–Crippen MR) is 140 cm³/mol. The first kappa shape index (κ1) is 30.7. The largest absolute Gasteiger partial charge is 0.461 e. The van der Waals surface area contributed by atoms with Crippen LogP contribution in [0.15, 0.2) is 36.4 Å². The first-order chi connectivity index (χ1) is 15.1. The van der Waals surface area contributed by atoms with Crippen LogP contribution in [0.2, 0.25) is 0 Å². The van der Waals surface area contributed by atoms with Crippen molar-refractivity contribution >= 4 is 18.4 Å². The fourth-order valence-electron chi connectivity index (χ4n) is 3.68. The summed E-state index contributed by atoms with van der Waals surface area (Å²) >= 11 is 0. The summed E-state index contributed by atoms with van der Waals surface area (Å²) < 4.78 is 5.41. The van der Waals surface area contributed by atoms with Crippen LogP contribution >= 0.6 is 12.4 Å². The van der Waals surface area contributed by atoms with Gasteiger partial charge >= 0.3 is 5.97 Å². The summed E-state index contributed by atoms with van der Waals surface area (Å²) in [6.45, 7) is 3.58. The molecule has 1 aromatic rings. The lowest BCUT2D eigenvalue weighted by Gasteiger charge is -2.10. The van der Waals surface area contributed by atoms with E-state index < -0.39 is 0 Å². The normalized spacial score (nSPS) is 11.1. The molecule has 0 aliphatic heterocycles. The Morgan fingerprint density at radius 3 is 1.84 bits per heavy atom. The molecule has 0 unspecified atom stereocenters. The van der Waals surface area contributed by atoms with Crippen LogP contribution < -0.4 is 0 Å². The number of rotatable bonds is 19. The van der Waals surface area contributed by atoms with Crippen molar-refractivity contribution in [1.29, 1.82) is 0 Å². The lowest BCUT2D eigenvalue weighted by atomic mass is 10.1. The molecule has 1 aromatic carbocycles. The average Bonchev–Trinajstić information content (AvgIpc) is 2.75. The van der Waals surface area contributed by atoms with Gasteiger partial charge in [0.2, 0.25) is 0 Å². The van der Waals surface area contributed by atoms with E-state index in [1.54, 1.807) is 0 Å². The van der Waals surface area contributed by atoms with Crippen molar-refractivity contribution in [3.8, 4) is 0 Å². The van der Waals surface area contributed by atoms with Crippen molar-refractivity contribution in [1.82, 2.24) is 4.90 Å². The molecule has 0 heterocycles. The summed E-state index contributed by atoms with van der Waals surface area (Å²) in [6.07, 6.45) is 21.8. The number of halogens is 1. The highest BCUT2D eigenvalue weighted by Crippen LogP contribution is 2.11. The fourth-order valence-corrected chi connectivity index (χ4v) is 3.68. The smallest absolute Gasteiger partial charge is 0.306 e. The molecule has 0 aromatic heterocycles. The van der Waals surface area contributed by atoms with Crippen molar-refractivity contribution in [3.63, 3.8) is 0 Å². The number of unbranched alkanes of at least 4 members (excludes halogenated alkanes) is 11. The molecular formula is C28H48ClNO2. The van der Waals surface area contributed by atoms with E-state index in [4.69, 9.17) is 4.74 Å². The third-order valence-electron chi connectivity index (χ3n) is 5.56. The van der Waals surface area contributed by atoms with Crippen molar-refractivity contribution in [2.75, 3.05) is 14.1 Å². The van der Waals surface area contributed by atoms with E-state index in [1.807, 2.05) is 12.1 Å². The van der Waals surface area contributed by atoms with Gasteiger partial charge in [-0.3, -0.25) is 4.79 Å². The Hall–Kier alpha value is -1.32. The SMILES string of the molecule is CCCCCCCC/C=C\CCCCCCCC(=O)OCc1ccc(CN(C)C)cc1.Cl. The van der Waals surface area contributed by atoms with Gasteiger partial charge in [-0.15, -0.1) is 12.4 Å². The second-order valence-electron chi connectivity index (χ2n) is 9.05. The topological polar surface area (TPSA) is 29.5 Å². The molecule has 0 aliphatic carbocycles. The van der Waals surface area contributed by atoms with Crippen molar-refractivity contribution < 1.29 is 9.53 Å². The summed E-state index contributed by atoms with van der Waals surface area (Å²) in [5.41, 5.74) is 2.33. The number of hydrogen-bond acceptors (Lipinski definition) is 3. The molecule has 0 amide bonds. The summed E-state index contributed by atoms with van der Waals surface area (Å²) in [5.74, 6) is -0.0741. The van der Waals surface area contributed by atoms with E-state index >= 15 is 0 Å². The van der Waals surface area contributed by atoms with Crippen LogP contribution in [0.3, 0.4) is 0 Å². The molecule has 0 saturated carbocycles. The molecule has 4 heteroatoms. The molecule has 0 fully saturated rings. The molecule has 0 N–H and O–H groups in total. The van der Waals surface area contributed by atoms with Gasteiger partial charge in [0, 0.05) is 13.0 Å². The number of hydrogen-bond donors (Lipinski definition) is 0. The fraction of sp³-hybridized carbons (Fsp3) is 0.679. The van der Waals surface area contributed by atoms with Gasteiger partial charge < -0.3 is 9.64 Å². The lowest BCUT2D eigenvalue weighted by molar-refractivity contribution is -0.145. The van der Waals surface area contributed by atoms with E-state index in [-0.39, 0.29) is 18.4 Å². The molecule has 1 rings (SSSR count). The molecule has 0 saturated heterocycles. The number of carbonyl (C=O) groups is 1. The molecule has 0 bridgehead atoms. The minimum Gasteiger partial charge on any atom is -0.461 e. The number of benzene rings is 1. The van der Waals surface area contributed by atoms with Crippen LogP contribution in [0.4, 0.5) is 0 Å². The highest BCUT2D eigenvalue weighted by molar-refractivity contribution is 5.85. The Labute approximate surface area is 204 Å². The summed E-state index contributed by atoms with van der Waals surface area (Å²) in [6, 6.07) is 8.31. The van der Waals surface area contributed by atoms with Gasteiger partial charge in [0.05, 0.1) is 0 Å². The summed E-state index contributed by atoms with van der Waals surface area (Å²) in [7, 11) is 4.12. The zero-order valence-electron chi connectivity index (χ0n) is 20.9. The maximum Gasteiger partial charge on any atom is 0.306 e. The van der Waals surface area contributed by atoms with Gasteiger partial charge in [0.1, 0.15) is 6.61 Å². The standard InChI is InChI=1S/C28H47NO2.ClH/c1-4-5-6-7-8-9-10-11-12-13-14-15-16-17-18-19-28(30)31-25-27-22-20-26(21-23-27)24-29(2)3;/h11-12,20-23H,4-10,13-19,24-25H2,1-3H3;1H/b12-11-;. The number of carbonyl (C=O) groups excluding carboxylic acids is 1. The molecule has 32 heavy (non-hydrogen) atoms. The van der Waals surface area contributed by atoms with E-state index in [0.29, 0.717) is 13.0 Å². The Kier molecular flexibility index (Phi) is 20.6. The van der Waals surface area contributed by atoms with Crippen LogP contribution in [-0.4, -0.2) is 25.0 Å². The third-order valence-corrected chi connectivity index (χ3v) is 5.56.